The van der Waals surface area contributed by atoms with Crippen LogP contribution in [0.15, 0.2) is 36.9 Å². The number of alkyl halides is 6. The Bertz CT molecular complexity index is 1200. The number of nitrogens with zero attached hydrogens (tertiary/aromatic N) is 5. The van der Waals surface area contributed by atoms with Crippen molar-refractivity contribution in [1.29, 1.82) is 0 Å². The van der Waals surface area contributed by atoms with E-state index in [0.29, 0.717) is 22.6 Å². The van der Waals surface area contributed by atoms with Crippen molar-refractivity contribution < 1.29 is 35.9 Å². The normalized spacial score (nSPS) is 13.9. The molecule has 8 nitrogen and oxygen atoms in total. The number of hydrogen-bond acceptors (Lipinski definition) is 5. The number of pyridine rings is 1. The summed E-state index contributed by atoms with van der Waals surface area (Å²) >= 11 is 0. The molecule has 2 unspecified atom stereocenters. The van der Waals surface area contributed by atoms with Crippen molar-refractivity contribution in [1.82, 2.24) is 29.6 Å². The van der Waals surface area contributed by atoms with E-state index in [9.17, 15) is 31.1 Å². The Morgan fingerprint density at radius 3 is 2.50 bits per heavy atom. The topological polar surface area (TPSA) is 84.7 Å². The van der Waals surface area contributed by atoms with Gasteiger partial charge in [-0.3, -0.25) is 4.98 Å². The van der Waals surface area contributed by atoms with Gasteiger partial charge in [-0.2, -0.15) is 26.3 Å². The van der Waals surface area contributed by atoms with Gasteiger partial charge in [0, 0.05) is 37.8 Å². The minimum absolute atomic E-state index is 0.00156. The Balaban J connectivity index is 1.84. The number of hydrogen-bond donors (Lipinski definition) is 1. The first kappa shape index (κ1) is 27.0. The summed E-state index contributed by atoms with van der Waals surface area (Å²) in [5, 5.41) is 1.72. The summed E-state index contributed by atoms with van der Waals surface area (Å²) in [5.74, 6) is 0.254. The molecule has 2 amide bonds. The zero-order valence-corrected chi connectivity index (χ0v) is 19.6. The molecule has 0 aliphatic heterocycles. The third-order valence-electron chi connectivity index (χ3n) is 5.54. The lowest BCUT2D eigenvalue weighted by Gasteiger charge is -2.31. The highest BCUT2D eigenvalue weighted by molar-refractivity contribution is 5.75. The quantitative estimate of drug-likeness (QED) is 0.416. The fourth-order valence-corrected chi connectivity index (χ4v) is 3.64. The van der Waals surface area contributed by atoms with Crippen molar-refractivity contribution in [3.63, 3.8) is 0 Å². The first-order chi connectivity index (χ1) is 16.8. The van der Waals surface area contributed by atoms with Gasteiger partial charge in [-0.15, -0.1) is 0 Å². The van der Waals surface area contributed by atoms with Gasteiger partial charge in [0.25, 0.3) is 5.88 Å². The maximum atomic E-state index is 13.3. The molecule has 0 aliphatic carbocycles. The van der Waals surface area contributed by atoms with E-state index in [2.05, 4.69) is 15.0 Å². The van der Waals surface area contributed by atoms with E-state index in [-0.39, 0.29) is 12.4 Å². The molecule has 2 atom stereocenters. The van der Waals surface area contributed by atoms with Gasteiger partial charge in [-0.1, -0.05) is 0 Å². The van der Waals surface area contributed by atoms with Crippen LogP contribution in [0.4, 0.5) is 31.1 Å². The van der Waals surface area contributed by atoms with Crippen LogP contribution in [0.5, 0.6) is 5.88 Å². The number of imidazole rings is 1. The van der Waals surface area contributed by atoms with Gasteiger partial charge in [0.2, 0.25) is 0 Å². The molecule has 36 heavy (non-hydrogen) atoms. The molecule has 14 heteroatoms. The van der Waals surface area contributed by atoms with Crippen LogP contribution in [0.1, 0.15) is 38.3 Å². The number of urea groups is 1. The summed E-state index contributed by atoms with van der Waals surface area (Å²) in [6.45, 7) is 3.14. The summed E-state index contributed by atoms with van der Waals surface area (Å²) in [6, 6.07) is -1.29. The lowest BCUT2D eigenvalue weighted by atomic mass is 10.1. The fraction of sp³-hybridized carbons (Fsp3) is 0.455. The van der Waals surface area contributed by atoms with Crippen LogP contribution in [0.2, 0.25) is 0 Å². The highest BCUT2D eigenvalue weighted by Crippen LogP contribution is 2.30. The van der Waals surface area contributed by atoms with E-state index < -0.39 is 43.3 Å². The van der Waals surface area contributed by atoms with E-state index >= 15 is 0 Å². The lowest BCUT2D eigenvalue weighted by molar-refractivity contribution is -0.171. The van der Waals surface area contributed by atoms with Gasteiger partial charge in [-0.05, 0) is 38.0 Å². The van der Waals surface area contributed by atoms with Crippen molar-refractivity contribution in [3.05, 3.63) is 42.5 Å². The standard InChI is InChI=1S/C22H24F6N6O2/c1-4-34(20(35)32-17(22(26,27)28)5-7-21(23,24)25)13(2)14-6-8-29-15(11-14)16-12-33-10-9-30-18(33)19(31-16)36-3/h6,8-13,17H,4-5,7H2,1-3H3,(H,32,35). The highest BCUT2D eigenvalue weighted by Gasteiger charge is 2.43. The molecule has 3 aromatic rings. The van der Waals surface area contributed by atoms with Crippen LogP contribution in [0.3, 0.4) is 0 Å². The molecular formula is C22H24F6N6O2. The van der Waals surface area contributed by atoms with Crippen molar-refractivity contribution in [2.75, 3.05) is 13.7 Å². The smallest absolute Gasteiger partial charge is 0.408 e. The third-order valence-corrected chi connectivity index (χ3v) is 5.54. The maximum absolute atomic E-state index is 13.3. The Labute approximate surface area is 202 Å². The molecule has 196 valence electrons. The summed E-state index contributed by atoms with van der Waals surface area (Å²) in [6.07, 6.45) is -6.43. The molecule has 0 bridgehead atoms. The van der Waals surface area contributed by atoms with E-state index in [1.54, 1.807) is 54.3 Å². The first-order valence-corrected chi connectivity index (χ1v) is 10.9. The fourth-order valence-electron chi connectivity index (χ4n) is 3.64. The SMILES string of the molecule is CCN(C(=O)NC(CCC(F)(F)F)C(F)(F)F)C(C)c1ccnc(-c2cn3ccnc3c(OC)n2)c1. The van der Waals surface area contributed by atoms with Crippen molar-refractivity contribution in [3.8, 4) is 17.3 Å². The van der Waals surface area contributed by atoms with Crippen molar-refractivity contribution >= 4 is 11.7 Å². The minimum Gasteiger partial charge on any atom is -0.478 e. The molecule has 0 fully saturated rings. The molecule has 3 rings (SSSR count). The lowest BCUT2D eigenvalue weighted by Crippen LogP contribution is -2.51. The molecular weight excluding hydrogens is 494 g/mol. The largest absolute Gasteiger partial charge is 0.478 e. The second-order valence-corrected chi connectivity index (χ2v) is 7.93. The number of nitrogens with one attached hydrogen (secondary N) is 1. The van der Waals surface area contributed by atoms with Crippen LogP contribution in [0, 0.1) is 0 Å². The Morgan fingerprint density at radius 2 is 1.89 bits per heavy atom. The Kier molecular flexibility index (Phi) is 7.94. The van der Waals surface area contributed by atoms with Gasteiger partial charge in [0.1, 0.15) is 11.7 Å². The number of carbonyl (C=O) groups excluding carboxylic acids is 1. The predicted octanol–water partition coefficient (Wildman–Crippen LogP) is 5.17. The molecule has 0 saturated carbocycles. The minimum atomic E-state index is -5.04. The molecule has 3 heterocycles. The first-order valence-electron chi connectivity index (χ1n) is 10.9. The van der Waals surface area contributed by atoms with Crippen LogP contribution in [-0.4, -0.2) is 62.3 Å². The number of aromatic nitrogens is 4. The van der Waals surface area contributed by atoms with E-state index in [1.165, 1.54) is 13.3 Å². The zero-order chi connectivity index (χ0) is 26.7. The van der Waals surface area contributed by atoms with Gasteiger partial charge in [0.05, 0.1) is 18.8 Å². The average Bonchev–Trinajstić information content (AvgIpc) is 3.29. The predicted molar refractivity (Wildman–Crippen MR) is 117 cm³/mol. The van der Waals surface area contributed by atoms with E-state index in [1.807, 2.05) is 0 Å². The van der Waals surface area contributed by atoms with Crippen LogP contribution in [-0.2, 0) is 0 Å². The summed E-state index contributed by atoms with van der Waals surface area (Å²) in [5.41, 5.74) is 1.85. The van der Waals surface area contributed by atoms with Gasteiger partial charge < -0.3 is 19.4 Å². The average molecular weight is 518 g/mol. The second kappa shape index (κ2) is 10.6. The number of rotatable bonds is 8. The van der Waals surface area contributed by atoms with Gasteiger partial charge in [0.15, 0.2) is 5.65 Å². The summed E-state index contributed by atoms with van der Waals surface area (Å²) in [7, 11) is 1.44. The molecule has 0 saturated heterocycles. The molecule has 1 N–H and O–H groups in total. The van der Waals surface area contributed by atoms with Crippen LogP contribution in [0.25, 0.3) is 17.0 Å². The number of ether oxygens (including phenoxy) is 1. The zero-order valence-electron chi connectivity index (χ0n) is 19.6. The molecule has 0 aliphatic rings. The number of methoxy groups -OCH3 is 1. The monoisotopic (exact) mass is 518 g/mol. The van der Waals surface area contributed by atoms with Crippen molar-refractivity contribution in [2.45, 2.75) is 51.1 Å². The second-order valence-electron chi connectivity index (χ2n) is 7.93. The van der Waals surface area contributed by atoms with Gasteiger partial charge in [-0.25, -0.2) is 14.8 Å². The third kappa shape index (κ3) is 6.34. The van der Waals surface area contributed by atoms with Crippen LogP contribution >= 0.6 is 0 Å². The van der Waals surface area contributed by atoms with Gasteiger partial charge >= 0.3 is 18.4 Å². The summed E-state index contributed by atoms with van der Waals surface area (Å²) in [4.78, 5) is 26.6. The highest BCUT2D eigenvalue weighted by atomic mass is 19.4. The maximum Gasteiger partial charge on any atom is 0.408 e. The van der Waals surface area contributed by atoms with Crippen LogP contribution < -0.4 is 10.1 Å². The molecule has 0 radical (unpaired) electrons. The number of amides is 2. The Hall–Kier alpha value is -3.58. The van der Waals surface area contributed by atoms with E-state index in [0.717, 1.165) is 4.90 Å². The number of fused-ring (bicyclic) bond motifs is 1. The van der Waals surface area contributed by atoms with Crippen molar-refractivity contribution in [2.24, 2.45) is 0 Å². The molecule has 0 aromatic carbocycles. The molecule has 0 spiro atoms. The van der Waals surface area contributed by atoms with E-state index in [4.69, 9.17) is 4.74 Å². The summed E-state index contributed by atoms with van der Waals surface area (Å²) < 4.78 is 84.4. The number of carbonyl (C=O) groups is 1. The number of halogens is 6. The molecule has 3 aromatic heterocycles. The Morgan fingerprint density at radius 1 is 1.17 bits per heavy atom.